The molecular weight excluding hydrogens is 196 g/mol. The van der Waals surface area contributed by atoms with Crippen molar-refractivity contribution < 1.29 is 19.4 Å². The quantitative estimate of drug-likeness (QED) is 0.775. The highest BCUT2D eigenvalue weighted by molar-refractivity contribution is 5.93. The van der Waals surface area contributed by atoms with Crippen molar-refractivity contribution in [1.82, 2.24) is 0 Å². The van der Waals surface area contributed by atoms with Gasteiger partial charge in [0.1, 0.15) is 5.56 Å². The van der Waals surface area contributed by atoms with Crippen molar-refractivity contribution in [2.45, 2.75) is 20.0 Å². The molecule has 0 fully saturated rings. The van der Waals surface area contributed by atoms with E-state index in [4.69, 9.17) is 9.47 Å². The molecule has 0 aliphatic rings. The molecule has 0 aliphatic heterocycles. The number of phenolic OH excluding ortho intramolecular Hbond substituents is 1. The molecule has 1 rings (SSSR count). The van der Waals surface area contributed by atoms with Gasteiger partial charge in [-0.15, -0.1) is 0 Å². The van der Waals surface area contributed by atoms with E-state index in [9.17, 15) is 9.90 Å². The van der Waals surface area contributed by atoms with E-state index in [2.05, 4.69) is 0 Å². The number of ether oxygens (including phenoxy) is 2. The van der Waals surface area contributed by atoms with Gasteiger partial charge in [-0.1, -0.05) is 6.07 Å². The second-order valence-corrected chi connectivity index (χ2v) is 3.31. The van der Waals surface area contributed by atoms with Crippen molar-refractivity contribution in [1.29, 1.82) is 0 Å². The smallest absolute Gasteiger partial charge is 0.342 e. The van der Waals surface area contributed by atoms with Crippen LogP contribution in [0.25, 0.3) is 0 Å². The highest BCUT2D eigenvalue weighted by atomic mass is 16.5. The van der Waals surface area contributed by atoms with Gasteiger partial charge in [0.05, 0.1) is 13.2 Å². The number of carbonyl (C=O) groups is 1. The maximum absolute atomic E-state index is 11.5. The van der Waals surface area contributed by atoms with Gasteiger partial charge < -0.3 is 14.6 Å². The van der Waals surface area contributed by atoms with Gasteiger partial charge in [-0.25, -0.2) is 4.79 Å². The third-order valence-corrected chi connectivity index (χ3v) is 1.78. The Labute approximate surface area is 88.4 Å². The molecule has 4 nitrogen and oxygen atoms in total. The normalized spacial score (nSPS) is 10.1. The zero-order chi connectivity index (χ0) is 11.4. The molecule has 0 unspecified atom stereocenters. The molecule has 0 aliphatic carbocycles. The predicted molar refractivity (Wildman–Crippen MR) is 55.2 cm³/mol. The standard InChI is InChI=1S/C11H14O4/c1-7(2)15-11(13)8-5-4-6-9(14-3)10(8)12/h4-7,12H,1-3H3. The second-order valence-electron chi connectivity index (χ2n) is 3.31. The number of hydrogen-bond acceptors (Lipinski definition) is 4. The summed E-state index contributed by atoms with van der Waals surface area (Å²) in [7, 11) is 1.42. The highest BCUT2D eigenvalue weighted by Crippen LogP contribution is 2.29. The van der Waals surface area contributed by atoms with Crippen LogP contribution in [-0.2, 0) is 4.74 Å². The lowest BCUT2D eigenvalue weighted by atomic mass is 10.2. The minimum Gasteiger partial charge on any atom is -0.504 e. The SMILES string of the molecule is COc1cccc(C(=O)OC(C)C)c1O. The number of benzene rings is 1. The van der Waals surface area contributed by atoms with E-state index in [-0.39, 0.29) is 23.2 Å². The molecule has 0 atom stereocenters. The summed E-state index contributed by atoms with van der Waals surface area (Å²) in [4.78, 5) is 11.5. The third-order valence-electron chi connectivity index (χ3n) is 1.78. The van der Waals surface area contributed by atoms with Crippen molar-refractivity contribution in [3.05, 3.63) is 23.8 Å². The molecule has 0 heterocycles. The van der Waals surface area contributed by atoms with E-state index in [1.807, 2.05) is 0 Å². The molecular formula is C11H14O4. The number of methoxy groups -OCH3 is 1. The average Bonchev–Trinajstić information content (AvgIpc) is 2.17. The van der Waals surface area contributed by atoms with E-state index < -0.39 is 5.97 Å². The Morgan fingerprint density at radius 2 is 2.07 bits per heavy atom. The molecule has 0 saturated carbocycles. The van der Waals surface area contributed by atoms with Crippen LogP contribution in [0.5, 0.6) is 11.5 Å². The average molecular weight is 210 g/mol. The van der Waals surface area contributed by atoms with Gasteiger partial charge in [0.25, 0.3) is 0 Å². The number of esters is 1. The largest absolute Gasteiger partial charge is 0.504 e. The Balaban J connectivity index is 2.99. The van der Waals surface area contributed by atoms with Crippen molar-refractivity contribution in [2.75, 3.05) is 7.11 Å². The molecule has 4 heteroatoms. The molecule has 82 valence electrons. The lowest BCUT2D eigenvalue weighted by Crippen LogP contribution is -2.11. The molecule has 0 amide bonds. The van der Waals surface area contributed by atoms with E-state index in [0.29, 0.717) is 0 Å². The Kier molecular flexibility index (Phi) is 3.55. The summed E-state index contributed by atoms with van der Waals surface area (Å²) in [6.45, 7) is 3.49. The summed E-state index contributed by atoms with van der Waals surface area (Å²) in [6.07, 6.45) is -0.219. The Morgan fingerprint density at radius 3 is 2.60 bits per heavy atom. The number of aromatic hydroxyl groups is 1. The molecule has 1 N–H and O–H groups in total. The maximum atomic E-state index is 11.5. The third kappa shape index (κ3) is 2.62. The van der Waals surface area contributed by atoms with Gasteiger partial charge in [-0.3, -0.25) is 0 Å². The lowest BCUT2D eigenvalue weighted by molar-refractivity contribution is 0.0374. The first-order valence-corrected chi connectivity index (χ1v) is 4.63. The number of hydrogen-bond donors (Lipinski definition) is 1. The number of phenols is 1. The summed E-state index contributed by atoms with van der Waals surface area (Å²) in [5, 5.41) is 9.65. The fraction of sp³-hybridized carbons (Fsp3) is 0.364. The van der Waals surface area contributed by atoms with Crippen molar-refractivity contribution >= 4 is 5.97 Å². The topological polar surface area (TPSA) is 55.8 Å². The van der Waals surface area contributed by atoms with Crippen molar-refractivity contribution in [3.63, 3.8) is 0 Å². The van der Waals surface area contributed by atoms with Crippen LogP contribution in [0.1, 0.15) is 24.2 Å². The van der Waals surface area contributed by atoms with Crippen LogP contribution in [-0.4, -0.2) is 24.3 Å². The Morgan fingerprint density at radius 1 is 1.40 bits per heavy atom. The zero-order valence-electron chi connectivity index (χ0n) is 8.98. The van der Waals surface area contributed by atoms with Crippen LogP contribution >= 0.6 is 0 Å². The first-order valence-electron chi connectivity index (χ1n) is 4.63. The second kappa shape index (κ2) is 4.68. The summed E-state index contributed by atoms with van der Waals surface area (Å²) in [5.41, 5.74) is 0.114. The lowest BCUT2D eigenvalue weighted by Gasteiger charge is -2.10. The van der Waals surface area contributed by atoms with Crippen LogP contribution in [0, 0.1) is 0 Å². The molecule has 15 heavy (non-hydrogen) atoms. The van der Waals surface area contributed by atoms with Crippen LogP contribution in [0.2, 0.25) is 0 Å². The summed E-state index contributed by atoms with van der Waals surface area (Å²) >= 11 is 0. The molecule has 0 spiro atoms. The minimum atomic E-state index is -0.554. The fourth-order valence-corrected chi connectivity index (χ4v) is 1.13. The number of rotatable bonds is 3. The van der Waals surface area contributed by atoms with Gasteiger partial charge in [0, 0.05) is 0 Å². The first-order chi connectivity index (χ1) is 7.06. The molecule has 0 saturated heterocycles. The van der Waals surface area contributed by atoms with Crippen LogP contribution < -0.4 is 4.74 Å². The molecule has 0 aromatic heterocycles. The van der Waals surface area contributed by atoms with E-state index in [1.54, 1.807) is 26.0 Å². The molecule has 0 bridgehead atoms. The zero-order valence-corrected chi connectivity index (χ0v) is 8.98. The van der Waals surface area contributed by atoms with Gasteiger partial charge in [-0.05, 0) is 26.0 Å². The first kappa shape index (κ1) is 11.4. The van der Waals surface area contributed by atoms with Crippen LogP contribution in [0.4, 0.5) is 0 Å². The molecule has 1 aromatic carbocycles. The van der Waals surface area contributed by atoms with Gasteiger partial charge in [-0.2, -0.15) is 0 Å². The summed E-state index contributed by atoms with van der Waals surface area (Å²) in [5.74, 6) is -0.486. The van der Waals surface area contributed by atoms with Gasteiger partial charge in [0.15, 0.2) is 11.5 Å². The van der Waals surface area contributed by atoms with E-state index in [1.165, 1.54) is 13.2 Å². The highest BCUT2D eigenvalue weighted by Gasteiger charge is 2.16. The monoisotopic (exact) mass is 210 g/mol. The van der Waals surface area contributed by atoms with Gasteiger partial charge >= 0.3 is 5.97 Å². The fourth-order valence-electron chi connectivity index (χ4n) is 1.13. The number of carbonyl (C=O) groups excluding carboxylic acids is 1. The Bertz CT molecular complexity index is 358. The number of para-hydroxylation sites is 1. The molecule has 0 radical (unpaired) electrons. The Hall–Kier alpha value is -1.71. The summed E-state index contributed by atoms with van der Waals surface area (Å²) in [6, 6.07) is 4.68. The van der Waals surface area contributed by atoms with Crippen molar-refractivity contribution in [2.24, 2.45) is 0 Å². The minimum absolute atomic E-state index is 0.114. The van der Waals surface area contributed by atoms with Gasteiger partial charge in [0.2, 0.25) is 0 Å². The van der Waals surface area contributed by atoms with Crippen LogP contribution in [0.3, 0.4) is 0 Å². The van der Waals surface area contributed by atoms with Crippen molar-refractivity contribution in [3.8, 4) is 11.5 Å². The maximum Gasteiger partial charge on any atom is 0.342 e. The van der Waals surface area contributed by atoms with Crippen LogP contribution in [0.15, 0.2) is 18.2 Å². The molecule has 1 aromatic rings. The van der Waals surface area contributed by atoms with E-state index in [0.717, 1.165) is 0 Å². The predicted octanol–water partition coefficient (Wildman–Crippen LogP) is 1.97. The van der Waals surface area contributed by atoms with E-state index >= 15 is 0 Å². The summed E-state index contributed by atoms with van der Waals surface area (Å²) < 4.78 is 9.85.